The summed E-state index contributed by atoms with van der Waals surface area (Å²) in [6.45, 7) is 9.23. The lowest BCUT2D eigenvalue weighted by Gasteiger charge is -2.15. The van der Waals surface area contributed by atoms with E-state index in [2.05, 4.69) is 5.10 Å². The van der Waals surface area contributed by atoms with E-state index in [0.29, 0.717) is 0 Å². The van der Waals surface area contributed by atoms with Gasteiger partial charge in [-0.05, 0) is 18.8 Å². The quantitative estimate of drug-likeness (QED) is 0.455. The maximum atomic E-state index is 10.7. The summed E-state index contributed by atoms with van der Waals surface area (Å²) in [7, 11) is 11.3. The van der Waals surface area contributed by atoms with Crippen LogP contribution in [0.2, 0.25) is 0 Å². The molecular formula is C10H17B2N3O2. The summed E-state index contributed by atoms with van der Waals surface area (Å²) in [6, 6.07) is 0.0276. The van der Waals surface area contributed by atoms with Gasteiger partial charge >= 0.3 is 5.82 Å². The van der Waals surface area contributed by atoms with Crippen LogP contribution < -0.4 is 0 Å². The third-order valence-corrected chi connectivity index (χ3v) is 1.99. The van der Waals surface area contributed by atoms with Gasteiger partial charge in [0, 0.05) is 0 Å². The van der Waals surface area contributed by atoms with Crippen molar-refractivity contribution >= 4 is 21.5 Å². The molecule has 1 aromatic rings. The molecule has 0 aromatic carbocycles. The Hall–Kier alpha value is -1.26. The lowest BCUT2D eigenvalue weighted by atomic mass is 9.53. The van der Waals surface area contributed by atoms with E-state index in [0.717, 1.165) is 0 Å². The standard InChI is InChI=1S/C8H11B2N3O2.C2H6/c1-5(2)12-4-6(8(3,9)10)7(11-12)13(14)15;1-2/h4-5H,1-3H3;1-2H3. The Morgan fingerprint density at radius 3 is 2.18 bits per heavy atom. The lowest BCUT2D eigenvalue weighted by Crippen LogP contribution is -2.22. The minimum atomic E-state index is -1.25. The van der Waals surface area contributed by atoms with Crippen LogP contribution in [0.5, 0.6) is 0 Å². The van der Waals surface area contributed by atoms with Gasteiger partial charge in [0.2, 0.25) is 0 Å². The van der Waals surface area contributed by atoms with E-state index in [1.54, 1.807) is 0 Å². The van der Waals surface area contributed by atoms with E-state index in [-0.39, 0.29) is 17.4 Å². The van der Waals surface area contributed by atoms with Crippen molar-refractivity contribution in [2.45, 2.75) is 45.9 Å². The first-order valence-electron chi connectivity index (χ1n) is 5.55. The zero-order valence-electron chi connectivity index (χ0n) is 11.0. The highest BCUT2D eigenvalue weighted by molar-refractivity contribution is 6.40. The first-order chi connectivity index (χ1) is 7.73. The van der Waals surface area contributed by atoms with Gasteiger partial charge in [-0.2, -0.15) is 4.68 Å². The Labute approximate surface area is 105 Å². The SMILES string of the molecule is CC.[B]C([B])(C)c1cn(C(C)C)nc1[N+](=O)[O-]. The molecule has 1 heterocycles. The smallest absolute Gasteiger partial charge is 0.358 e. The zero-order valence-corrected chi connectivity index (χ0v) is 11.0. The van der Waals surface area contributed by atoms with E-state index in [4.69, 9.17) is 15.7 Å². The fraction of sp³-hybridized carbons (Fsp3) is 0.700. The summed E-state index contributed by atoms with van der Waals surface area (Å²) in [5, 5.41) is 13.3. The Morgan fingerprint density at radius 2 is 1.94 bits per heavy atom. The lowest BCUT2D eigenvalue weighted by molar-refractivity contribution is -0.390. The molecule has 7 heteroatoms. The van der Waals surface area contributed by atoms with E-state index in [9.17, 15) is 10.1 Å². The summed E-state index contributed by atoms with van der Waals surface area (Å²) >= 11 is 0. The predicted octanol–water partition coefficient (Wildman–Crippen LogP) is 1.91. The largest absolute Gasteiger partial charge is 0.392 e. The Bertz CT molecular complexity index is 383. The normalized spacial score (nSPS) is 10.9. The fourth-order valence-corrected chi connectivity index (χ4v) is 1.16. The number of nitrogens with zero attached hydrogens (tertiary/aromatic N) is 3. The van der Waals surface area contributed by atoms with Gasteiger partial charge in [-0.15, -0.1) is 0 Å². The van der Waals surface area contributed by atoms with Crippen molar-refractivity contribution in [3.63, 3.8) is 0 Å². The molecule has 0 spiro atoms. The van der Waals surface area contributed by atoms with Gasteiger partial charge in [0.05, 0.1) is 38.6 Å². The average molecular weight is 233 g/mol. The molecule has 17 heavy (non-hydrogen) atoms. The second kappa shape index (κ2) is 5.89. The summed E-state index contributed by atoms with van der Waals surface area (Å²) < 4.78 is 1.48. The molecule has 0 unspecified atom stereocenters. The van der Waals surface area contributed by atoms with Gasteiger partial charge in [-0.1, -0.05) is 26.0 Å². The second-order valence-electron chi connectivity index (χ2n) is 3.98. The van der Waals surface area contributed by atoms with Crippen LogP contribution in [-0.2, 0) is 5.21 Å². The van der Waals surface area contributed by atoms with E-state index >= 15 is 0 Å². The van der Waals surface area contributed by atoms with Crippen molar-refractivity contribution in [1.29, 1.82) is 0 Å². The van der Waals surface area contributed by atoms with Crippen LogP contribution in [0.4, 0.5) is 5.82 Å². The summed E-state index contributed by atoms with van der Waals surface area (Å²) in [4.78, 5) is 10.1. The van der Waals surface area contributed by atoms with Crippen molar-refractivity contribution in [2.24, 2.45) is 0 Å². The van der Waals surface area contributed by atoms with E-state index in [1.807, 2.05) is 27.7 Å². The molecule has 0 aliphatic carbocycles. The van der Waals surface area contributed by atoms with E-state index < -0.39 is 10.1 Å². The van der Waals surface area contributed by atoms with Gasteiger partial charge in [0.25, 0.3) is 0 Å². The van der Waals surface area contributed by atoms with Crippen LogP contribution in [0.25, 0.3) is 0 Å². The van der Waals surface area contributed by atoms with Gasteiger partial charge in [0.15, 0.2) is 0 Å². The second-order valence-corrected chi connectivity index (χ2v) is 3.98. The monoisotopic (exact) mass is 233 g/mol. The topological polar surface area (TPSA) is 61.0 Å². The molecule has 0 bridgehead atoms. The molecule has 90 valence electrons. The molecule has 4 radical (unpaired) electrons. The molecule has 0 saturated heterocycles. The number of aromatic nitrogens is 2. The van der Waals surface area contributed by atoms with Crippen LogP contribution in [0.1, 0.15) is 46.2 Å². The number of hydrogen-bond donors (Lipinski definition) is 0. The highest BCUT2D eigenvalue weighted by Crippen LogP contribution is 2.26. The molecule has 0 aliphatic rings. The highest BCUT2D eigenvalue weighted by Gasteiger charge is 2.29. The number of rotatable bonds is 3. The van der Waals surface area contributed by atoms with Crippen molar-refractivity contribution < 1.29 is 4.92 Å². The predicted molar refractivity (Wildman–Crippen MR) is 69.5 cm³/mol. The number of hydrogen-bond acceptors (Lipinski definition) is 3. The number of nitro groups is 1. The van der Waals surface area contributed by atoms with Crippen LogP contribution in [0, 0.1) is 10.1 Å². The fourth-order valence-electron chi connectivity index (χ4n) is 1.16. The first kappa shape index (κ1) is 15.7. The Morgan fingerprint density at radius 1 is 1.47 bits per heavy atom. The van der Waals surface area contributed by atoms with Gasteiger partial charge in [0.1, 0.15) is 0 Å². The molecule has 0 saturated carbocycles. The van der Waals surface area contributed by atoms with E-state index in [1.165, 1.54) is 17.8 Å². The summed E-state index contributed by atoms with van der Waals surface area (Å²) in [5.41, 5.74) is 0.237. The van der Waals surface area contributed by atoms with Gasteiger partial charge < -0.3 is 10.1 Å². The Balaban J connectivity index is 0.00000121. The first-order valence-corrected chi connectivity index (χ1v) is 5.55. The van der Waals surface area contributed by atoms with Gasteiger partial charge in [-0.3, -0.25) is 0 Å². The molecule has 0 aliphatic heterocycles. The van der Waals surface area contributed by atoms with Crippen molar-refractivity contribution in [3.05, 3.63) is 21.9 Å². The third kappa shape index (κ3) is 3.91. The molecule has 0 atom stereocenters. The molecule has 0 N–H and O–H groups in total. The van der Waals surface area contributed by atoms with Crippen molar-refractivity contribution in [3.8, 4) is 0 Å². The van der Waals surface area contributed by atoms with Crippen molar-refractivity contribution in [1.82, 2.24) is 9.78 Å². The summed E-state index contributed by atoms with van der Waals surface area (Å²) in [6.07, 6.45) is 1.52. The van der Waals surface area contributed by atoms with Gasteiger partial charge in [-0.25, -0.2) is 0 Å². The molecular weight excluding hydrogens is 216 g/mol. The Kier molecular flexibility index (Phi) is 5.45. The average Bonchev–Trinajstić information content (AvgIpc) is 2.64. The summed E-state index contributed by atoms with van der Waals surface area (Å²) in [5.74, 6) is -0.281. The van der Waals surface area contributed by atoms with Crippen LogP contribution >= 0.6 is 0 Å². The molecule has 0 amide bonds. The molecule has 1 rings (SSSR count). The molecule has 1 aromatic heterocycles. The molecule has 5 nitrogen and oxygen atoms in total. The van der Waals surface area contributed by atoms with Crippen LogP contribution in [0.3, 0.4) is 0 Å². The van der Waals surface area contributed by atoms with Crippen LogP contribution in [-0.4, -0.2) is 30.4 Å². The minimum Gasteiger partial charge on any atom is -0.358 e. The minimum absolute atomic E-state index is 0.0276. The third-order valence-electron chi connectivity index (χ3n) is 1.99. The van der Waals surface area contributed by atoms with Crippen molar-refractivity contribution in [2.75, 3.05) is 0 Å². The maximum absolute atomic E-state index is 10.7. The van der Waals surface area contributed by atoms with Crippen LogP contribution in [0.15, 0.2) is 6.20 Å². The molecule has 0 fully saturated rings. The highest BCUT2D eigenvalue weighted by atomic mass is 16.6. The zero-order chi connectivity index (χ0) is 13.8. The maximum Gasteiger partial charge on any atom is 0.392 e.